The van der Waals surface area contributed by atoms with Gasteiger partial charge >= 0.3 is 0 Å². The van der Waals surface area contributed by atoms with Crippen molar-refractivity contribution in [1.82, 2.24) is 0 Å². The lowest BCUT2D eigenvalue weighted by Gasteiger charge is -2.28. The van der Waals surface area contributed by atoms with E-state index in [1.54, 1.807) is 0 Å². The van der Waals surface area contributed by atoms with Crippen LogP contribution in [-0.2, 0) is 0 Å². The van der Waals surface area contributed by atoms with Crippen molar-refractivity contribution >= 4 is 46.4 Å². The molecule has 0 heterocycles. The second-order valence-electron chi connectivity index (χ2n) is 3.95. The van der Waals surface area contributed by atoms with Gasteiger partial charge in [-0.05, 0) is 12.8 Å². The van der Waals surface area contributed by atoms with Gasteiger partial charge < -0.3 is 0 Å². The molecule has 0 aliphatic carbocycles. The fourth-order valence-corrected chi connectivity index (χ4v) is 3.02. The molecule has 92 valence electrons. The first kappa shape index (κ1) is 16.2. The van der Waals surface area contributed by atoms with Gasteiger partial charge in [0.1, 0.15) is 0 Å². The van der Waals surface area contributed by atoms with Crippen LogP contribution < -0.4 is 0 Å². The molecule has 0 N–H and O–H groups in total. The second-order valence-corrected chi connectivity index (χ2v) is 6.88. The van der Waals surface area contributed by atoms with Crippen LogP contribution in [0.1, 0.15) is 52.4 Å². The highest BCUT2D eigenvalue weighted by Crippen LogP contribution is 2.42. The van der Waals surface area contributed by atoms with Gasteiger partial charge in [-0.1, -0.05) is 74.3 Å². The lowest BCUT2D eigenvalue weighted by molar-refractivity contribution is 0.428. The van der Waals surface area contributed by atoms with E-state index >= 15 is 0 Å². The highest BCUT2D eigenvalue weighted by atomic mass is 35.6. The van der Waals surface area contributed by atoms with E-state index in [4.69, 9.17) is 46.4 Å². The number of hydrogen-bond acceptors (Lipinski definition) is 0. The van der Waals surface area contributed by atoms with Crippen molar-refractivity contribution in [3.05, 3.63) is 0 Å². The molecule has 15 heavy (non-hydrogen) atoms. The van der Waals surface area contributed by atoms with Gasteiger partial charge in [-0.2, -0.15) is 0 Å². The SMILES string of the molecule is CCCC[C@H](Cl)[C@H](CCCC)C(Cl)(Cl)Cl. The van der Waals surface area contributed by atoms with Crippen molar-refractivity contribution in [1.29, 1.82) is 0 Å². The molecule has 4 heteroatoms. The monoisotopic (exact) mass is 292 g/mol. The van der Waals surface area contributed by atoms with E-state index in [-0.39, 0.29) is 11.3 Å². The molecule has 0 amide bonds. The van der Waals surface area contributed by atoms with Gasteiger partial charge in [0.05, 0.1) is 0 Å². The molecular formula is C11H20Cl4. The number of halogens is 4. The maximum Gasteiger partial charge on any atom is 0.194 e. The predicted octanol–water partition coefficient (Wildman–Crippen LogP) is 5.96. The Morgan fingerprint density at radius 1 is 0.933 bits per heavy atom. The van der Waals surface area contributed by atoms with Gasteiger partial charge in [0.25, 0.3) is 0 Å². The average molecular weight is 294 g/mol. The van der Waals surface area contributed by atoms with Crippen molar-refractivity contribution in [2.24, 2.45) is 5.92 Å². The van der Waals surface area contributed by atoms with Crippen LogP contribution in [0.15, 0.2) is 0 Å². The fraction of sp³-hybridized carbons (Fsp3) is 1.00. The molecule has 0 radical (unpaired) electrons. The van der Waals surface area contributed by atoms with Crippen LogP contribution in [0.2, 0.25) is 0 Å². The first-order valence-corrected chi connectivity index (χ1v) is 7.21. The van der Waals surface area contributed by atoms with E-state index in [1.807, 2.05) is 0 Å². The Morgan fingerprint density at radius 3 is 1.80 bits per heavy atom. The molecule has 0 aromatic carbocycles. The molecule has 0 spiro atoms. The minimum Gasteiger partial charge on any atom is -0.123 e. The van der Waals surface area contributed by atoms with Crippen LogP contribution in [0.25, 0.3) is 0 Å². The maximum absolute atomic E-state index is 6.29. The summed E-state index contributed by atoms with van der Waals surface area (Å²) in [5.41, 5.74) is 0. The highest BCUT2D eigenvalue weighted by Gasteiger charge is 2.36. The quantitative estimate of drug-likeness (QED) is 0.508. The first-order valence-electron chi connectivity index (χ1n) is 5.64. The predicted molar refractivity (Wildman–Crippen MR) is 72.5 cm³/mol. The zero-order chi connectivity index (χ0) is 11.9. The number of hydrogen-bond donors (Lipinski definition) is 0. The summed E-state index contributed by atoms with van der Waals surface area (Å²) >= 11 is 24.2. The molecule has 0 unspecified atom stereocenters. The topological polar surface area (TPSA) is 0 Å². The maximum atomic E-state index is 6.29. The van der Waals surface area contributed by atoms with Crippen molar-refractivity contribution < 1.29 is 0 Å². The molecule has 0 nitrogen and oxygen atoms in total. The Kier molecular flexibility index (Phi) is 8.92. The molecule has 0 rings (SSSR count). The minimum absolute atomic E-state index is 0.0241. The van der Waals surface area contributed by atoms with Crippen molar-refractivity contribution in [3.8, 4) is 0 Å². The third-order valence-corrected chi connectivity index (χ3v) is 3.92. The molecule has 0 saturated heterocycles. The van der Waals surface area contributed by atoms with Crippen LogP contribution in [0.5, 0.6) is 0 Å². The summed E-state index contributed by atoms with van der Waals surface area (Å²) in [6.07, 6.45) is 6.22. The van der Waals surface area contributed by atoms with E-state index in [9.17, 15) is 0 Å². The summed E-state index contributed by atoms with van der Waals surface area (Å²) in [4.78, 5) is 0. The van der Waals surface area contributed by atoms with Gasteiger partial charge in [0, 0.05) is 11.3 Å². The van der Waals surface area contributed by atoms with Crippen molar-refractivity contribution in [3.63, 3.8) is 0 Å². The molecular weight excluding hydrogens is 274 g/mol. The Hall–Kier alpha value is 1.16. The van der Waals surface area contributed by atoms with Crippen LogP contribution >= 0.6 is 46.4 Å². The molecule has 0 aromatic rings. The Bertz CT molecular complexity index is 153. The summed E-state index contributed by atoms with van der Waals surface area (Å²) in [7, 11) is 0. The second kappa shape index (κ2) is 8.28. The molecule has 0 saturated carbocycles. The third kappa shape index (κ3) is 7.15. The minimum atomic E-state index is -1.23. The first-order chi connectivity index (χ1) is 6.93. The Balaban J connectivity index is 4.21. The molecule has 0 aliphatic rings. The standard InChI is InChI=1S/C11H20Cl4/c1-3-5-7-9(11(13,14)15)10(12)8-6-4-2/h9-10H,3-8H2,1-2H3/t9-,10-/m0/s1. The lowest BCUT2D eigenvalue weighted by atomic mass is 9.96. The Morgan fingerprint density at radius 2 is 1.40 bits per heavy atom. The normalized spacial score (nSPS) is 16.4. The summed E-state index contributed by atoms with van der Waals surface area (Å²) in [5, 5.41) is -0.0241. The summed E-state index contributed by atoms with van der Waals surface area (Å²) in [5.74, 6) is -0.0318. The van der Waals surface area contributed by atoms with Crippen LogP contribution in [0.4, 0.5) is 0 Å². The number of alkyl halides is 4. The van der Waals surface area contributed by atoms with Gasteiger partial charge in [-0.15, -0.1) is 11.6 Å². The number of unbranched alkanes of at least 4 members (excludes halogenated alkanes) is 2. The van der Waals surface area contributed by atoms with Gasteiger partial charge in [0.2, 0.25) is 0 Å². The average Bonchev–Trinajstić information content (AvgIpc) is 2.13. The molecule has 0 fully saturated rings. The zero-order valence-electron chi connectivity index (χ0n) is 9.41. The summed E-state index contributed by atoms with van der Waals surface area (Å²) in [6, 6.07) is 0. The fourth-order valence-electron chi connectivity index (χ4n) is 1.57. The Labute approximate surface area is 114 Å². The van der Waals surface area contributed by atoms with Crippen LogP contribution in [0, 0.1) is 5.92 Å². The van der Waals surface area contributed by atoms with Gasteiger partial charge in [0.15, 0.2) is 3.79 Å². The summed E-state index contributed by atoms with van der Waals surface area (Å²) in [6.45, 7) is 4.27. The largest absolute Gasteiger partial charge is 0.194 e. The zero-order valence-corrected chi connectivity index (χ0v) is 12.4. The van der Waals surface area contributed by atoms with Crippen LogP contribution in [-0.4, -0.2) is 9.17 Å². The molecule has 2 atom stereocenters. The van der Waals surface area contributed by atoms with E-state index in [1.165, 1.54) is 0 Å². The molecule has 0 aromatic heterocycles. The molecule has 0 bridgehead atoms. The van der Waals surface area contributed by atoms with E-state index in [0.717, 1.165) is 38.5 Å². The van der Waals surface area contributed by atoms with Gasteiger partial charge in [-0.25, -0.2) is 0 Å². The smallest absolute Gasteiger partial charge is 0.123 e. The van der Waals surface area contributed by atoms with E-state index in [2.05, 4.69) is 13.8 Å². The number of rotatable bonds is 7. The third-order valence-electron chi connectivity index (χ3n) is 2.56. The van der Waals surface area contributed by atoms with E-state index < -0.39 is 3.79 Å². The van der Waals surface area contributed by atoms with E-state index in [0.29, 0.717) is 0 Å². The van der Waals surface area contributed by atoms with Gasteiger partial charge in [-0.3, -0.25) is 0 Å². The van der Waals surface area contributed by atoms with Crippen molar-refractivity contribution in [2.75, 3.05) is 0 Å². The summed E-state index contributed by atoms with van der Waals surface area (Å²) < 4.78 is -1.23. The van der Waals surface area contributed by atoms with Crippen molar-refractivity contribution in [2.45, 2.75) is 61.5 Å². The van der Waals surface area contributed by atoms with Crippen LogP contribution in [0.3, 0.4) is 0 Å². The lowest BCUT2D eigenvalue weighted by Crippen LogP contribution is -2.28. The highest BCUT2D eigenvalue weighted by molar-refractivity contribution is 6.67. The molecule has 0 aliphatic heterocycles.